The SMILES string of the molecule is COc1ccc(NC(=O)c2nc(-c3ccccc3)n(-c3ccc(Cl)cc3)n2)c(OC)c1. The van der Waals surface area contributed by atoms with Crippen LogP contribution in [0.5, 0.6) is 11.5 Å². The van der Waals surface area contributed by atoms with Crippen molar-refractivity contribution in [3.05, 3.63) is 83.6 Å². The van der Waals surface area contributed by atoms with E-state index in [4.69, 9.17) is 21.1 Å². The number of hydrogen-bond donors (Lipinski definition) is 1. The van der Waals surface area contributed by atoms with E-state index >= 15 is 0 Å². The molecule has 0 atom stereocenters. The van der Waals surface area contributed by atoms with Gasteiger partial charge in [-0.1, -0.05) is 41.9 Å². The standard InChI is InChI=1S/C23H19ClN4O3/c1-30-18-12-13-19(20(14-18)31-2)25-23(29)21-26-22(15-6-4-3-5-7-15)28(27-21)17-10-8-16(24)9-11-17/h3-14H,1-2H3,(H,25,29). The Hall–Kier alpha value is -3.84. The number of methoxy groups -OCH3 is 2. The third-order valence-electron chi connectivity index (χ3n) is 4.57. The van der Waals surface area contributed by atoms with Gasteiger partial charge in [0.1, 0.15) is 11.5 Å². The molecular weight excluding hydrogens is 416 g/mol. The molecule has 4 aromatic rings. The third-order valence-corrected chi connectivity index (χ3v) is 4.82. The minimum atomic E-state index is -0.464. The summed E-state index contributed by atoms with van der Waals surface area (Å²) in [7, 11) is 3.08. The molecule has 7 nitrogen and oxygen atoms in total. The Morgan fingerprint density at radius 3 is 2.39 bits per heavy atom. The number of hydrogen-bond acceptors (Lipinski definition) is 5. The van der Waals surface area contributed by atoms with Gasteiger partial charge in [-0.25, -0.2) is 9.67 Å². The number of nitrogens with zero attached hydrogens (tertiary/aromatic N) is 3. The molecule has 156 valence electrons. The summed E-state index contributed by atoms with van der Waals surface area (Å²) in [6, 6.07) is 21.8. The van der Waals surface area contributed by atoms with Crippen molar-refractivity contribution < 1.29 is 14.3 Å². The summed E-state index contributed by atoms with van der Waals surface area (Å²) in [5, 5.41) is 7.87. The molecule has 0 spiro atoms. The first-order valence-corrected chi connectivity index (χ1v) is 9.78. The van der Waals surface area contributed by atoms with E-state index < -0.39 is 5.91 Å². The van der Waals surface area contributed by atoms with E-state index in [2.05, 4.69) is 15.4 Å². The Morgan fingerprint density at radius 1 is 0.968 bits per heavy atom. The molecule has 0 radical (unpaired) electrons. The maximum absolute atomic E-state index is 13.0. The Bertz CT molecular complexity index is 1210. The molecule has 0 saturated carbocycles. The zero-order valence-electron chi connectivity index (χ0n) is 16.9. The van der Waals surface area contributed by atoms with E-state index in [-0.39, 0.29) is 5.82 Å². The molecule has 0 aliphatic rings. The van der Waals surface area contributed by atoms with Crippen LogP contribution in [-0.4, -0.2) is 34.9 Å². The highest BCUT2D eigenvalue weighted by Gasteiger charge is 2.20. The zero-order chi connectivity index (χ0) is 21.8. The number of benzene rings is 3. The fourth-order valence-electron chi connectivity index (χ4n) is 3.02. The van der Waals surface area contributed by atoms with Gasteiger partial charge in [-0.3, -0.25) is 4.79 Å². The van der Waals surface area contributed by atoms with Crippen LogP contribution >= 0.6 is 11.6 Å². The average molecular weight is 435 g/mol. The highest BCUT2D eigenvalue weighted by molar-refractivity contribution is 6.30. The van der Waals surface area contributed by atoms with E-state index in [9.17, 15) is 4.79 Å². The number of carbonyl (C=O) groups is 1. The number of anilines is 1. The predicted molar refractivity (Wildman–Crippen MR) is 119 cm³/mol. The second-order valence-corrected chi connectivity index (χ2v) is 6.97. The predicted octanol–water partition coefficient (Wildman–Crippen LogP) is 4.86. The molecule has 0 aliphatic heterocycles. The minimum absolute atomic E-state index is 0.0201. The van der Waals surface area contributed by atoms with Crippen LogP contribution in [0.1, 0.15) is 10.6 Å². The number of rotatable bonds is 6. The number of halogens is 1. The summed E-state index contributed by atoms with van der Waals surface area (Å²) >= 11 is 6.02. The van der Waals surface area contributed by atoms with Gasteiger partial charge in [0.15, 0.2) is 5.82 Å². The summed E-state index contributed by atoms with van der Waals surface area (Å²) in [6.07, 6.45) is 0. The first kappa shape index (κ1) is 20.4. The van der Waals surface area contributed by atoms with Crippen LogP contribution in [-0.2, 0) is 0 Å². The Balaban J connectivity index is 1.72. The fourth-order valence-corrected chi connectivity index (χ4v) is 3.15. The lowest BCUT2D eigenvalue weighted by atomic mass is 10.2. The molecular formula is C23H19ClN4O3. The molecule has 0 unspecified atom stereocenters. The number of carbonyl (C=O) groups excluding carboxylic acids is 1. The summed E-state index contributed by atoms with van der Waals surface area (Å²) in [6.45, 7) is 0. The van der Waals surface area contributed by atoms with Crippen LogP contribution in [0, 0.1) is 0 Å². The van der Waals surface area contributed by atoms with Crippen LogP contribution in [0.15, 0.2) is 72.8 Å². The van der Waals surface area contributed by atoms with Gasteiger partial charge >= 0.3 is 0 Å². The monoisotopic (exact) mass is 434 g/mol. The second-order valence-electron chi connectivity index (χ2n) is 6.53. The Kier molecular flexibility index (Phi) is 5.86. The number of ether oxygens (including phenoxy) is 2. The third kappa shape index (κ3) is 4.36. The number of amides is 1. The lowest BCUT2D eigenvalue weighted by molar-refractivity contribution is 0.101. The minimum Gasteiger partial charge on any atom is -0.497 e. The molecule has 0 fully saturated rings. The molecule has 31 heavy (non-hydrogen) atoms. The molecule has 1 aromatic heterocycles. The molecule has 3 aromatic carbocycles. The van der Waals surface area contributed by atoms with Gasteiger partial charge in [0.05, 0.1) is 25.6 Å². The van der Waals surface area contributed by atoms with Crippen molar-refractivity contribution in [1.82, 2.24) is 14.8 Å². The molecule has 0 bridgehead atoms. The van der Waals surface area contributed by atoms with Crippen molar-refractivity contribution in [2.45, 2.75) is 0 Å². The molecule has 0 saturated heterocycles. The highest BCUT2D eigenvalue weighted by Crippen LogP contribution is 2.29. The maximum Gasteiger partial charge on any atom is 0.295 e. The van der Waals surface area contributed by atoms with Crippen molar-refractivity contribution in [1.29, 1.82) is 0 Å². The van der Waals surface area contributed by atoms with Crippen LogP contribution in [0.25, 0.3) is 17.1 Å². The van der Waals surface area contributed by atoms with Crippen LogP contribution in [0.2, 0.25) is 5.02 Å². The van der Waals surface area contributed by atoms with Gasteiger partial charge in [0.25, 0.3) is 5.91 Å². The van der Waals surface area contributed by atoms with E-state index in [1.807, 2.05) is 42.5 Å². The number of aromatic nitrogens is 3. The van der Waals surface area contributed by atoms with Crippen LogP contribution in [0.3, 0.4) is 0 Å². The second kappa shape index (κ2) is 8.89. The van der Waals surface area contributed by atoms with Crippen LogP contribution < -0.4 is 14.8 Å². The molecule has 0 aliphatic carbocycles. The van der Waals surface area contributed by atoms with Crippen molar-refractivity contribution in [3.8, 4) is 28.6 Å². The Morgan fingerprint density at radius 2 is 1.71 bits per heavy atom. The van der Waals surface area contributed by atoms with Gasteiger partial charge in [-0.2, -0.15) is 0 Å². The molecule has 8 heteroatoms. The van der Waals surface area contributed by atoms with Crippen molar-refractivity contribution in [2.24, 2.45) is 0 Å². The summed E-state index contributed by atoms with van der Waals surface area (Å²) < 4.78 is 12.2. The molecule has 1 heterocycles. The lowest BCUT2D eigenvalue weighted by Crippen LogP contribution is -2.15. The van der Waals surface area contributed by atoms with E-state index in [1.54, 1.807) is 42.1 Å². The summed E-state index contributed by atoms with van der Waals surface area (Å²) in [4.78, 5) is 17.5. The largest absolute Gasteiger partial charge is 0.497 e. The average Bonchev–Trinajstić information content (AvgIpc) is 3.26. The fraction of sp³-hybridized carbons (Fsp3) is 0.0870. The molecule has 1 N–H and O–H groups in total. The highest BCUT2D eigenvalue weighted by atomic mass is 35.5. The molecule has 4 rings (SSSR count). The summed E-state index contributed by atoms with van der Waals surface area (Å²) in [5.74, 6) is 1.18. The van der Waals surface area contributed by atoms with E-state index in [1.165, 1.54) is 7.11 Å². The zero-order valence-corrected chi connectivity index (χ0v) is 17.6. The summed E-state index contributed by atoms with van der Waals surface area (Å²) in [5.41, 5.74) is 2.04. The van der Waals surface area contributed by atoms with Gasteiger partial charge in [0.2, 0.25) is 5.82 Å². The lowest BCUT2D eigenvalue weighted by Gasteiger charge is -2.10. The van der Waals surface area contributed by atoms with Crippen molar-refractivity contribution in [2.75, 3.05) is 19.5 Å². The first-order valence-electron chi connectivity index (χ1n) is 9.41. The number of nitrogens with one attached hydrogen (secondary N) is 1. The maximum atomic E-state index is 13.0. The van der Waals surface area contributed by atoms with Crippen molar-refractivity contribution >= 4 is 23.2 Å². The normalized spacial score (nSPS) is 10.5. The first-order chi connectivity index (χ1) is 15.1. The molecule has 1 amide bonds. The van der Waals surface area contributed by atoms with E-state index in [0.29, 0.717) is 28.0 Å². The van der Waals surface area contributed by atoms with Crippen molar-refractivity contribution in [3.63, 3.8) is 0 Å². The Labute approximate surface area is 184 Å². The van der Waals surface area contributed by atoms with Gasteiger partial charge in [0, 0.05) is 16.7 Å². The van der Waals surface area contributed by atoms with Gasteiger partial charge < -0.3 is 14.8 Å². The van der Waals surface area contributed by atoms with E-state index in [0.717, 1.165) is 11.3 Å². The topological polar surface area (TPSA) is 78.3 Å². The smallest absolute Gasteiger partial charge is 0.295 e. The van der Waals surface area contributed by atoms with Gasteiger partial charge in [-0.05, 0) is 36.4 Å². The van der Waals surface area contributed by atoms with Gasteiger partial charge in [-0.15, -0.1) is 5.10 Å². The van der Waals surface area contributed by atoms with Crippen LogP contribution in [0.4, 0.5) is 5.69 Å². The quantitative estimate of drug-likeness (QED) is 0.469.